The number of carboxylic acids is 1. The molecule has 0 aliphatic carbocycles. The predicted molar refractivity (Wildman–Crippen MR) is 77.8 cm³/mol. The number of amides is 2. The molecule has 0 aliphatic rings. The number of hydrogen-bond acceptors (Lipinski definition) is 4. The van der Waals surface area contributed by atoms with Crippen LogP contribution >= 0.6 is 0 Å². The minimum absolute atomic E-state index is 0.0646. The summed E-state index contributed by atoms with van der Waals surface area (Å²) in [5, 5.41) is 21.3. The molecule has 0 bridgehead atoms. The number of ether oxygens (including phenoxy) is 1. The molecular formula is C14H20N2O5. The zero-order valence-corrected chi connectivity index (χ0v) is 12.1. The highest BCUT2D eigenvalue weighted by molar-refractivity contribution is 5.97. The van der Waals surface area contributed by atoms with Crippen LogP contribution in [0.2, 0.25) is 0 Å². The van der Waals surface area contributed by atoms with Crippen molar-refractivity contribution in [3.05, 3.63) is 23.8 Å². The first-order valence-electron chi connectivity index (χ1n) is 6.70. The lowest BCUT2D eigenvalue weighted by Gasteiger charge is -2.21. The molecule has 1 aromatic rings. The quantitative estimate of drug-likeness (QED) is 0.528. The summed E-state index contributed by atoms with van der Waals surface area (Å²) in [7, 11) is 0. The Morgan fingerprint density at radius 2 is 2.05 bits per heavy atom. The lowest BCUT2D eigenvalue weighted by Crippen LogP contribution is -2.37. The molecule has 0 aliphatic heterocycles. The summed E-state index contributed by atoms with van der Waals surface area (Å²) >= 11 is 0. The van der Waals surface area contributed by atoms with Gasteiger partial charge in [-0.05, 0) is 26.0 Å². The van der Waals surface area contributed by atoms with Crippen LogP contribution in [0.4, 0.5) is 10.5 Å². The van der Waals surface area contributed by atoms with Gasteiger partial charge in [0, 0.05) is 19.7 Å². The number of aromatic hydroxyl groups is 1. The summed E-state index contributed by atoms with van der Waals surface area (Å²) in [6, 6.07) is 3.74. The number of rotatable bonds is 7. The van der Waals surface area contributed by atoms with Crippen LogP contribution in [0, 0.1) is 0 Å². The number of benzene rings is 1. The number of para-hydroxylation sites is 1. The number of nitrogens with zero attached hydrogens (tertiary/aromatic N) is 1. The third-order valence-electron chi connectivity index (χ3n) is 2.89. The average Bonchev–Trinajstić information content (AvgIpc) is 2.45. The fraction of sp³-hybridized carbons (Fsp3) is 0.429. The van der Waals surface area contributed by atoms with Gasteiger partial charge in [-0.15, -0.1) is 0 Å². The SMILES string of the molecule is CCOCCN(CC)C(=O)Nc1cccc(C(=O)O)c1O. The summed E-state index contributed by atoms with van der Waals surface area (Å²) in [5.74, 6) is -1.72. The van der Waals surface area contributed by atoms with Crippen LogP contribution < -0.4 is 5.32 Å². The van der Waals surface area contributed by atoms with E-state index in [1.54, 1.807) is 0 Å². The van der Waals surface area contributed by atoms with Gasteiger partial charge in [-0.25, -0.2) is 9.59 Å². The molecule has 1 rings (SSSR count). The van der Waals surface area contributed by atoms with Crippen LogP contribution in [0.3, 0.4) is 0 Å². The number of carbonyl (C=O) groups is 2. The maximum atomic E-state index is 12.1. The second kappa shape index (κ2) is 8.11. The third kappa shape index (κ3) is 4.64. The Balaban J connectivity index is 2.77. The highest BCUT2D eigenvalue weighted by Crippen LogP contribution is 2.27. The molecule has 116 valence electrons. The summed E-state index contributed by atoms with van der Waals surface area (Å²) in [6.07, 6.45) is 0. The number of aromatic carboxylic acids is 1. The Bertz CT molecular complexity index is 504. The fourth-order valence-electron chi connectivity index (χ4n) is 1.73. The zero-order chi connectivity index (χ0) is 15.8. The molecule has 0 aromatic heterocycles. The van der Waals surface area contributed by atoms with Crippen molar-refractivity contribution < 1.29 is 24.5 Å². The van der Waals surface area contributed by atoms with Crippen molar-refractivity contribution >= 4 is 17.7 Å². The number of carboxylic acid groups (broad SMARTS) is 1. The van der Waals surface area contributed by atoms with Gasteiger partial charge < -0.3 is 25.2 Å². The van der Waals surface area contributed by atoms with Crippen LogP contribution in [-0.2, 0) is 4.74 Å². The van der Waals surface area contributed by atoms with Crippen LogP contribution in [0.15, 0.2) is 18.2 Å². The molecule has 7 heteroatoms. The van der Waals surface area contributed by atoms with E-state index in [0.717, 1.165) is 0 Å². The Hall–Kier alpha value is -2.28. The van der Waals surface area contributed by atoms with Crippen molar-refractivity contribution in [3.8, 4) is 5.75 Å². The van der Waals surface area contributed by atoms with Crippen molar-refractivity contribution in [3.63, 3.8) is 0 Å². The second-order valence-electron chi connectivity index (χ2n) is 4.21. The van der Waals surface area contributed by atoms with Crippen molar-refractivity contribution in [2.75, 3.05) is 31.6 Å². The topological polar surface area (TPSA) is 99.1 Å². The lowest BCUT2D eigenvalue weighted by atomic mass is 10.1. The van der Waals surface area contributed by atoms with E-state index in [1.807, 2.05) is 13.8 Å². The maximum absolute atomic E-state index is 12.1. The van der Waals surface area contributed by atoms with E-state index in [4.69, 9.17) is 9.84 Å². The molecule has 21 heavy (non-hydrogen) atoms. The predicted octanol–water partition coefficient (Wildman–Crippen LogP) is 1.98. The molecule has 7 nitrogen and oxygen atoms in total. The van der Waals surface area contributed by atoms with Gasteiger partial charge in [-0.3, -0.25) is 0 Å². The summed E-state index contributed by atoms with van der Waals surface area (Å²) in [5.41, 5.74) is -0.195. The monoisotopic (exact) mass is 296 g/mol. The fourth-order valence-corrected chi connectivity index (χ4v) is 1.73. The molecule has 0 saturated heterocycles. The van der Waals surface area contributed by atoms with Gasteiger partial charge in [0.2, 0.25) is 0 Å². The van der Waals surface area contributed by atoms with Crippen molar-refractivity contribution in [2.24, 2.45) is 0 Å². The van der Waals surface area contributed by atoms with Gasteiger partial charge in [0.25, 0.3) is 0 Å². The summed E-state index contributed by atoms with van der Waals surface area (Å²) < 4.78 is 5.19. The van der Waals surface area contributed by atoms with Gasteiger partial charge in [0.1, 0.15) is 5.56 Å². The van der Waals surface area contributed by atoms with Gasteiger partial charge in [0.15, 0.2) is 5.75 Å². The number of anilines is 1. The van der Waals surface area contributed by atoms with Crippen LogP contribution in [0.1, 0.15) is 24.2 Å². The zero-order valence-electron chi connectivity index (χ0n) is 12.1. The Kier molecular flexibility index (Phi) is 6.48. The van der Waals surface area contributed by atoms with Crippen molar-refractivity contribution in [1.29, 1.82) is 0 Å². The lowest BCUT2D eigenvalue weighted by molar-refractivity contribution is 0.0693. The average molecular weight is 296 g/mol. The Morgan fingerprint density at radius 3 is 2.62 bits per heavy atom. The van der Waals surface area contributed by atoms with Gasteiger partial charge in [0.05, 0.1) is 12.3 Å². The van der Waals surface area contributed by atoms with Crippen LogP contribution in [-0.4, -0.2) is 53.4 Å². The summed E-state index contributed by atoms with van der Waals surface area (Å²) in [6.45, 7) is 5.55. The number of likely N-dealkylation sites (N-methyl/N-ethyl adjacent to an activating group) is 1. The third-order valence-corrected chi connectivity index (χ3v) is 2.89. The molecule has 0 saturated carbocycles. The minimum Gasteiger partial charge on any atom is -0.505 e. The molecule has 2 amide bonds. The van der Waals surface area contributed by atoms with E-state index in [9.17, 15) is 14.7 Å². The first-order valence-corrected chi connectivity index (χ1v) is 6.70. The van der Waals surface area contributed by atoms with E-state index >= 15 is 0 Å². The molecule has 3 N–H and O–H groups in total. The van der Waals surface area contributed by atoms with Crippen molar-refractivity contribution in [2.45, 2.75) is 13.8 Å². The number of phenols is 1. The van der Waals surface area contributed by atoms with Gasteiger partial charge >= 0.3 is 12.0 Å². The molecule has 0 unspecified atom stereocenters. The Labute approximate surface area is 123 Å². The largest absolute Gasteiger partial charge is 0.505 e. The van der Waals surface area contributed by atoms with E-state index in [1.165, 1.54) is 23.1 Å². The first kappa shape index (κ1) is 16.8. The molecule has 0 atom stereocenters. The molecule has 1 aromatic carbocycles. The molecule has 0 spiro atoms. The van der Waals surface area contributed by atoms with Gasteiger partial charge in [-0.2, -0.15) is 0 Å². The van der Waals surface area contributed by atoms with Crippen LogP contribution in [0.25, 0.3) is 0 Å². The van der Waals surface area contributed by atoms with Gasteiger partial charge in [-0.1, -0.05) is 6.07 Å². The van der Waals surface area contributed by atoms with Crippen molar-refractivity contribution in [1.82, 2.24) is 4.90 Å². The number of hydrogen-bond donors (Lipinski definition) is 3. The van der Waals surface area contributed by atoms with E-state index < -0.39 is 17.7 Å². The molecule has 0 radical (unpaired) electrons. The van der Waals surface area contributed by atoms with Crippen LogP contribution in [0.5, 0.6) is 5.75 Å². The number of nitrogens with one attached hydrogen (secondary N) is 1. The Morgan fingerprint density at radius 1 is 1.33 bits per heavy atom. The molecule has 0 fully saturated rings. The minimum atomic E-state index is -1.26. The first-order chi connectivity index (χ1) is 10.0. The standard InChI is InChI=1S/C14H20N2O5/c1-3-16(8-9-21-4-2)14(20)15-11-7-5-6-10(12(11)17)13(18)19/h5-7,17H,3-4,8-9H2,1-2H3,(H,15,20)(H,18,19). The highest BCUT2D eigenvalue weighted by Gasteiger charge is 2.17. The smallest absolute Gasteiger partial charge is 0.339 e. The number of urea groups is 1. The molecular weight excluding hydrogens is 276 g/mol. The molecule has 0 heterocycles. The van der Waals surface area contributed by atoms with E-state index in [2.05, 4.69) is 5.32 Å². The number of carbonyl (C=O) groups excluding carboxylic acids is 1. The second-order valence-corrected chi connectivity index (χ2v) is 4.21. The highest BCUT2D eigenvalue weighted by atomic mass is 16.5. The van der Waals surface area contributed by atoms with E-state index in [-0.39, 0.29) is 11.3 Å². The maximum Gasteiger partial charge on any atom is 0.339 e. The van der Waals surface area contributed by atoms with E-state index in [0.29, 0.717) is 26.3 Å². The summed E-state index contributed by atoms with van der Waals surface area (Å²) in [4.78, 5) is 24.5. The normalized spacial score (nSPS) is 10.2.